The molecule has 2 aliphatic heterocycles. The van der Waals surface area contributed by atoms with Gasteiger partial charge in [-0.2, -0.15) is 0 Å². The fraction of sp³-hybridized carbons (Fsp3) is 0.533. The molecule has 1 aromatic rings. The quantitative estimate of drug-likeness (QED) is 0.891. The SMILES string of the molecule is O=C(C1CCCN1)N1CCOC(c2ccc(F)cc2)C1. The minimum absolute atomic E-state index is 0.0398. The first kappa shape index (κ1) is 13.5. The van der Waals surface area contributed by atoms with Gasteiger partial charge in [-0.25, -0.2) is 4.39 Å². The Bertz CT molecular complexity index is 471. The van der Waals surface area contributed by atoms with Crippen molar-refractivity contribution in [2.24, 2.45) is 0 Å². The monoisotopic (exact) mass is 278 g/mol. The van der Waals surface area contributed by atoms with E-state index < -0.39 is 0 Å². The zero-order valence-corrected chi connectivity index (χ0v) is 11.3. The second-order valence-corrected chi connectivity index (χ2v) is 5.34. The van der Waals surface area contributed by atoms with E-state index in [2.05, 4.69) is 5.32 Å². The summed E-state index contributed by atoms with van der Waals surface area (Å²) in [5.41, 5.74) is 0.920. The van der Waals surface area contributed by atoms with Crippen LogP contribution in [0.25, 0.3) is 0 Å². The largest absolute Gasteiger partial charge is 0.370 e. The summed E-state index contributed by atoms with van der Waals surface area (Å²) in [6, 6.07) is 6.27. The number of carbonyl (C=O) groups excluding carboxylic acids is 1. The summed E-state index contributed by atoms with van der Waals surface area (Å²) in [5, 5.41) is 3.23. The Morgan fingerprint density at radius 1 is 1.35 bits per heavy atom. The summed E-state index contributed by atoms with van der Waals surface area (Å²) in [7, 11) is 0. The Labute approximate surface area is 117 Å². The van der Waals surface area contributed by atoms with Crippen molar-refractivity contribution in [2.75, 3.05) is 26.2 Å². The molecule has 1 N–H and O–H groups in total. The number of ether oxygens (including phenoxy) is 1. The normalized spacial score (nSPS) is 26.8. The van der Waals surface area contributed by atoms with Gasteiger partial charge in [0, 0.05) is 6.54 Å². The van der Waals surface area contributed by atoms with E-state index in [1.54, 1.807) is 12.1 Å². The van der Waals surface area contributed by atoms with Gasteiger partial charge < -0.3 is 15.0 Å². The summed E-state index contributed by atoms with van der Waals surface area (Å²) < 4.78 is 18.7. The second-order valence-electron chi connectivity index (χ2n) is 5.34. The number of carbonyl (C=O) groups is 1. The van der Waals surface area contributed by atoms with Crippen LogP contribution in [0.15, 0.2) is 24.3 Å². The standard InChI is InChI=1S/C15H19FN2O2/c16-12-5-3-11(4-6-12)14-10-18(8-9-20-14)15(19)13-2-1-7-17-13/h3-6,13-14,17H,1-2,7-10H2. The van der Waals surface area contributed by atoms with Crippen LogP contribution in [-0.4, -0.2) is 43.1 Å². The van der Waals surface area contributed by atoms with E-state index in [1.807, 2.05) is 4.90 Å². The molecule has 20 heavy (non-hydrogen) atoms. The van der Waals surface area contributed by atoms with Crippen LogP contribution in [-0.2, 0) is 9.53 Å². The Hall–Kier alpha value is -1.46. The van der Waals surface area contributed by atoms with Gasteiger partial charge in [-0.1, -0.05) is 12.1 Å². The van der Waals surface area contributed by atoms with Crippen LogP contribution in [0.1, 0.15) is 24.5 Å². The minimum Gasteiger partial charge on any atom is -0.370 e. The summed E-state index contributed by atoms with van der Waals surface area (Å²) in [6.07, 6.45) is 1.81. The highest BCUT2D eigenvalue weighted by molar-refractivity contribution is 5.82. The minimum atomic E-state index is -0.257. The highest BCUT2D eigenvalue weighted by Gasteiger charge is 2.31. The molecule has 2 aliphatic rings. The summed E-state index contributed by atoms with van der Waals surface area (Å²) >= 11 is 0. The van der Waals surface area contributed by atoms with Gasteiger partial charge in [-0.05, 0) is 37.1 Å². The number of nitrogens with zero attached hydrogens (tertiary/aromatic N) is 1. The molecule has 2 atom stereocenters. The molecule has 108 valence electrons. The van der Waals surface area contributed by atoms with E-state index in [0.29, 0.717) is 19.7 Å². The maximum atomic E-state index is 12.9. The fourth-order valence-electron chi connectivity index (χ4n) is 2.84. The molecular weight excluding hydrogens is 259 g/mol. The van der Waals surface area contributed by atoms with E-state index in [0.717, 1.165) is 24.9 Å². The van der Waals surface area contributed by atoms with Crippen molar-refractivity contribution in [3.8, 4) is 0 Å². The average molecular weight is 278 g/mol. The first-order valence-corrected chi connectivity index (χ1v) is 7.13. The van der Waals surface area contributed by atoms with Crippen molar-refractivity contribution in [1.82, 2.24) is 10.2 Å². The Kier molecular flexibility index (Phi) is 3.98. The molecule has 3 rings (SSSR count). The lowest BCUT2D eigenvalue weighted by molar-refractivity contribution is -0.140. The van der Waals surface area contributed by atoms with Crippen LogP contribution in [0.4, 0.5) is 4.39 Å². The summed E-state index contributed by atoms with van der Waals surface area (Å²) in [4.78, 5) is 14.2. The third-order valence-electron chi connectivity index (χ3n) is 3.98. The van der Waals surface area contributed by atoms with Crippen LogP contribution in [0.5, 0.6) is 0 Å². The molecule has 1 amide bonds. The smallest absolute Gasteiger partial charge is 0.239 e. The number of benzene rings is 1. The Morgan fingerprint density at radius 2 is 2.15 bits per heavy atom. The van der Waals surface area contributed by atoms with Crippen molar-refractivity contribution in [2.45, 2.75) is 25.0 Å². The second kappa shape index (κ2) is 5.89. The van der Waals surface area contributed by atoms with Crippen molar-refractivity contribution < 1.29 is 13.9 Å². The van der Waals surface area contributed by atoms with Crippen LogP contribution in [0.2, 0.25) is 0 Å². The molecule has 2 heterocycles. The molecule has 2 fully saturated rings. The molecule has 2 unspecified atom stereocenters. The third kappa shape index (κ3) is 2.83. The van der Waals surface area contributed by atoms with Crippen molar-refractivity contribution >= 4 is 5.91 Å². The lowest BCUT2D eigenvalue weighted by Gasteiger charge is -2.34. The molecule has 0 bridgehead atoms. The number of amides is 1. The fourth-order valence-corrected chi connectivity index (χ4v) is 2.84. The molecule has 2 saturated heterocycles. The predicted octanol–water partition coefficient (Wildman–Crippen LogP) is 1.48. The zero-order valence-electron chi connectivity index (χ0n) is 11.3. The lowest BCUT2D eigenvalue weighted by atomic mass is 10.1. The number of halogens is 1. The number of morpholine rings is 1. The molecule has 1 aromatic carbocycles. The number of nitrogens with one attached hydrogen (secondary N) is 1. The van der Waals surface area contributed by atoms with Gasteiger partial charge in [-0.15, -0.1) is 0 Å². The maximum absolute atomic E-state index is 12.9. The van der Waals surface area contributed by atoms with Crippen molar-refractivity contribution in [1.29, 1.82) is 0 Å². The van der Waals surface area contributed by atoms with Crippen LogP contribution >= 0.6 is 0 Å². The summed E-state index contributed by atoms with van der Waals surface area (Å²) in [6.45, 7) is 2.62. The highest BCUT2D eigenvalue weighted by atomic mass is 19.1. The van der Waals surface area contributed by atoms with E-state index in [4.69, 9.17) is 4.74 Å². The maximum Gasteiger partial charge on any atom is 0.239 e. The van der Waals surface area contributed by atoms with Crippen LogP contribution in [0, 0.1) is 5.82 Å². The van der Waals surface area contributed by atoms with Gasteiger partial charge in [0.1, 0.15) is 11.9 Å². The zero-order chi connectivity index (χ0) is 13.9. The number of hydrogen-bond donors (Lipinski definition) is 1. The van der Waals surface area contributed by atoms with Crippen LogP contribution < -0.4 is 5.32 Å². The van der Waals surface area contributed by atoms with Gasteiger partial charge in [0.05, 0.1) is 19.2 Å². The Morgan fingerprint density at radius 3 is 2.85 bits per heavy atom. The van der Waals surface area contributed by atoms with Crippen molar-refractivity contribution in [3.05, 3.63) is 35.6 Å². The van der Waals surface area contributed by atoms with E-state index >= 15 is 0 Å². The van der Waals surface area contributed by atoms with Gasteiger partial charge in [0.25, 0.3) is 0 Å². The lowest BCUT2D eigenvalue weighted by Crippen LogP contribution is -2.49. The molecular formula is C15H19FN2O2. The van der Waals surface area contributed by atoms with Gasteiger partial charge in [0.15, 0.2) is 0 Å². The number of hydrogen-bond acceptors (Lipinski definition) is 3. The van der Waals surface area contributed by atoms with Gasteiger partial charge in [-0.3, -0.25) is 4.79 Å². The Balaban J connectivity index is 1.66. The van der Waals surface area contributed by atoms with Crippen LogP contribution in [0.3, 0.4) is 0 Å². The van der Waals surface area contributed by atoms with E-state index in [9.17, 15) is 9.18 Å². The van der Waals surface area contributed by atoms with E-state index in [-0.39, 0.29) is 23.9 Å². The first-order chi connectivity index (χ1) is 9.74. The van der Waals surface area contributed by atoms with Gasteiger partial charge >= 0.3 is 0 Å². The molecule has 4 nitrogen and oxygen atoms in total. The molecule has 0 radical (unpaired) electrons. The highest BCUT2D eigenvalue weighted by Crippen LogP contribution is 2.23. The number of rotatable bonds is 2. The summed E-state index contributed by atoms with van der Waals surface area (Å²) in [5.74, 6) is -0.0921. The molecule has 0 saturated carbocycles. The van der Waals surface area contributed by atoms with E-state index in [1.165, 1.54) is 12.1 Å². The molecule has 0 aromatic heterocycles. The first-order valence-electron chi connectivity index (χ1n) is 7.13. The molecule has 0 spiro atoms. The molecule has 0 aliphatic carbocycles. The van der Waals surface area contributed by atoms with Gasteiger partial charge in [0.2, 0.25) is 5.91 Å². The third-order valence-corrected chi connectivity index (χ3v) is 3.98. The predicted molar refractivity (Wildman–Crippen MR) is 72.7 cm³/mol. The van der Waals surface area contributed by atoms with Crippen molar-refractivity contribution in [3.63, 3.8) is 0 Å². The molecule has 5 heteroatoms. The average Bonchev–Trinajstić information content (AvgIpc) is 3.01. The topological polar surface area (TPSA) is 41.6 Å².